The lowest BCUT2D eigenvalue weighted by Gasteiger charge is -2.53. The van der Waals surface area contributed by atoms with E-state index in [9.17, 15) is 23.2 Å². The molecule has 38 heavy (non-hydrogen) atoms. The van der Waals surface area contributed by atoms with Crippen LogP contribution in [0.1, 0.15) is 64.2 Å². The van der Waals surface area contributed by atoms with Crippen LogP contribution in [0.25, 0.3) is 0 Å². The fourth-order valence-electron chi connectivity index (χ4n) is 6.17. The van der Waals surface area contributed by atoms with Gasteiger partial charge in [0.15, 0.2) is 0 Å². The standard InChI is InChI=1S/C24H33Cl2F2N3O7/c25-15-3-1-13(9-16(15)26)35-11-19(32)29-22-5-7-23(8-6-22,31-21(22)34)30-20(33)12-36-14-2-4-17-18(10-14)38-24(27,28)37-17/h13-18H,1-12H2,(H,29,32)(H,30,33)(H,31,34). The van der Waals surface area contributed by atoms with Gasteiger partial charge in [-0.2, -0.15) is 0 Å². The topological polar surface area (TPSA) is 124 Å². The maximum Gasteiger partial charge on any atom is 0.486 e. The maximum absolute atomic E-state index is 13.3. The molecule has 3 aliphatic carbocycles. The van der Waals surface area contributed by atoms with E-state index in [1.165, 1.54) is 0 Å². The molecule has 6 rings (SSSR count). The summed E-state index contributed by atoms with van der Waals surface area (Å²) in [5.41, 5.74) is -1.96. The Kier molecular flexibility index (Phi) is 8.12. The van der Waals surface area contributed by atoms with Crippen LogP contribution in [0.15, 0.2) is 0 Å². The van der Waals surface area contributed by atoms with Crippen molar-refractivity contribution in [3.63, 3.8) is 0 Å². The van der Waals surface area contributed by atoms with Crippen LogP contribution in [0.5, 0.6) is 0 Å². The summed E-state index contributed by atoms with van der Waals surface area (Å²) in [5.74, 6) is -1.15. The molecule has 214 valence electrons. The van der Waals surface area contributed by atoms with Gasteiger partial charge in [0.05, 0.1) is 35.2 Å². The molecule has 6 aliphatic rings. The molecule has 0 spiro atoms. The highest BCUT2D eigenvalue weighted by molar-refractivity contribution is 6.30. The van der Waals surface area contributed by atoms with Gasteiger partial charge in [0.2, 0.25) is 17.7 Å². The van der Waals surface area contributed by atoms with Gasteiger partial charge in [-0.05, 0) is 57.8 Å². The zero-order chi connectivity index (χ0) is 27.1. The molecule has 3 amide bonds. The third-order valence-electron chi connectivity index (χ3n) is 8.31. The molecular formula is C24H33Cl2F2N3O7. The van der Waals surface area contributed by atoms with Gasteiger partial charge in [-0.1, -0.05) is 0 Å². The molecule has 3 saturated heterocycles. The lowest BCUT2D eigenvalue weighted by molar-refractivity contribution is -0.351. The Bertz CT molecular complexity index is 937. The number of nitrogens with one attached hydrogen (secondary N) is 3. The van der Waals surface area contributed by atoms with Crippen LogP contribution in [0.4, 0.5) is 8.78 Å². The summed E-state index contributed by atoms with van der Waals surface area (Å²) in [6, 6.07) is 0. The van der Waals surface area contributed by atoms with Crippen LogP contribution in [0.2, 0.25) is 0 Å². The summed E-state index contributed by atoms with van der Waals surface area (Å²) in [6.45, 7) is -0.446. The van der Waals surface area contributed by atoms with E-state index in [1.807, 2.05) is 0 Å². The van der Waals surface area contributed by atoms with Crippen LogP contribution in [0.3, 0.4) is 0 Å². The number of hydrogen-bond donors (Lipinski definition) is 3. The fourth-order valence-corrected chi connectivity index (χ4v) is 6.73. The summed E-state index contributed by atoms with van der Waals surface area (Å²) >= 11 is 12.3. The van der Waals surface area contributed by atoms with Crippen molar-refractivity contribution in [3.8, 4) is 0 Å². The second-order valence-electron chi connectivity index (χ2n) is 11.0. The molecule has 0 aromatic carbocycles. The van der Waals surface area contributed by atoms with Crippen molar-refractivity contribution in [2.75, 3.05) is 13.2 Å². The first kappa shape index (κ1) is 28.2. The number of alkyl halides is 4. The van der Waals surface area contributed by atoms with E-state index in [0.29, 0.717) is 44.9 Å². The quantitative estimate of drug-likeness (QED) is 0.373. The molecule has 2 bridgehead atoms. The Hall–Kier alpha value is -1.31. The Morgan fingerprint density at radius 1 is 0.868 bits per heavy atom. The second-order valence-corrected chi connectivity index (χ2v) is 12.1. The molecule has 3 saturated carbocycles. The number of rotatable bonds is 8. The fraction of sp³-hybridized carbons (Fsp3) is 0.875. The molecule has 6 unspecified atom stereocenters. The van der Waals surface area contributed by atoms with Crippen molar-refractivity contribution in [3.05, 3.63) is 0 Å². The predicted molar refractivity (Wildman–Crippen MR) is 130 cm³/mol. The summed E-state index contributed by atoms with van der Waals surface area (Å²) in [7, 11) is 0. The summed E-state index contributed by atoms with van der Waals surface area (Å²) in [4.78, 5) is 38.2. The van der Waals surface area contributed by atoms with Gasteiger partial charge in [-0.15, -0.1) is 32.0 Å². The lowest BCUT2D eigenvalue weighted by Crippen LogP contribution is -2.77. The molecule has 0 aromatic rings. The van der Waals surface area contributed by atoms with Crippen molar-refractivity contribution in [1.82, 2.24) is 16.0 Å². The van der Waals surface area contributed by atoms with Gasteiger partial charge >= 0.3 is 6.29 Å². The second kappa shape index (κ2) is 10.9. The van der Waals surface area contributed by atoms with Crippen LogP contribution in [0, 0.1) is 0 Å². The van der Waals surface area contributed by atoms with E-state index in [2.05, 4.69) is 25.4 Å². The van der Waals surface area contributed by atoms with Gasteiger partial charge in [0, 0.05) is 6.42 Å². The number of fused-ring (bicyclic) bond motifs is 4. The minimum Gasteiger partial charge on any atom is -0.368 e. The number of amides is 3. The molecular weight excluding hydrogens is 551 g/mol. The van der Waals surface area contributed by atoms with Gasteiger partial charge in [0.25, 0.3) is 0 Å². The highest BCUT2D eigenvalue weighted by Gasteiger charge is 2.56. The van der Waals surface area contributed by atoms with Crippen LogP contribution in [-0.4, -0.2) is 83.6 Å². The maximum atomic E-state index is 13.3. The average Bonchev–Trinajstić information content (AvgIpc) is 3.17. The largest absolute Gasteiger partial charge is 0.486 e. The molecule has 14 heteroatoms. The van der Waals surface area contributed by atoms with E-state index in [4.69, 9.17) is 32.7 Å². The Balaban J connectivity index is 1.05. The van der Waals surface area contributed by atoms with Crippen molar-refractivity contribution in [2.45, 2.75) is 117 Å². The lowest BCUT2D eigenvalue weighted by atomic mass is 9.71. The predicted octanol–water partition coefficient (Wildman–Crippen LogP) is 2.04. The Labute approximate surface area is 229 Å². The zero-order valence-electron chi connectivity index (χ0n) is 20.8. The number of halogens is 4. The van der Waals surface area contributed by atoms with E-state index in [1.54, 1.807) is 0 Å². The minimum atomic E-state index is -3.58. The SMILES string of the molecule is O=C(COC1CCC2OC(F)(F)OC2C1)NC12CCC(NC(=O)COC3CCC(Cl)C(Cl)C3)(CC1)C(=O)N2. The number of ether oxygens (including phenoxy) is 4. The number of carbonyl (C=O) groups is 3. The van der Waals surface area contributed by atoms with Crippen LogP contribution >= 0.6 is 23.2 Å². The molecule has 6 atom stereocenters. The third-order valence-corrected chi connectivity index (χ3v) is 9.44. The van der Waals surface area contributed by atoms with Crippen LogP contribution < -0.4 is 16.0 Å². The molecule has 6 fully saturated rings. The summed E-state index contributed by atoms with van der Waals surface area (Å²) < 4.78 is 47.1. The van der Waals surface area contributed by atoms with Gasteiger partial charge in [-0.3, -0.25) is 23.9 Å². The number of carbonyl (C=O) groups excluding carboxylic acids is 3. The monoisotopic (exact) mass is 583 g/mol. The zero-order valence-corrected chi connectivity index (χ0v) is 22.3. The molecule has 0 radical (unpaired) electrons. The highest BCUT2D eigenvalue weighted by Crippen LogP contribution is 2.40. The van der Waals surface area contributed by atoms with E-state index in [-0.39, 0.29) is 48.3 Å². The highest BCUT2D eigenvalue weighted by atomic mass is 35.5. The van der Waals surface area contributed by atoms with Gasteiger partial charge in [0.1, 0.15) is 24.4 Å². The molecule has 3 aliphatic heterocycles. The average molecular weight is 584 g/mol. The Morgan fingerprint density at radius 2 is 1.47 bits per heavy atom. The molecule has 0 aromatic heterocycles. The number of hydrogen-bond acceptors (Lipinski definition) is 7. The summed E-state index contributed by atoms with van der Waals surface area (Å²) in [5, 5.41) is 8.27. The number of piperidine rings is 2. The first-order chi connectivity index (χ1) is 18.0. The third kappa shape index (κ3) is 6.20. The normalized spacial score (nSPS) is 41.7. The van der Waals surface area contributed by atoms with Crippen molar-refractivity contribution in [1.29, 1.82) is 0 Å². The molecule has 10 nitrogen and oxygen atoms in total. The van der Waals surface area contributed by atoms with Crippen LogP contribution in [-0.2, 0) is 33.3 Å². The Morgan fingerprint density at radius 3 is 2.13 bits per heavy atom. The van der Waals surface area contributed by atoms with Crippen molar-refractivity contribution >= 4 is 40.9 Å². The molecule has 3 N–H and O–H groups in total. The summed E-state index contributed by atoms with van der Waals surface area (Å²) in [6.07, 6.45) is -0.927. The van der Waals surface area contributed by atoms with E-state index in [0.717, 1.165) is 12.8 Å². The first-order valence-electron chi connectivity index (χ1n) is 13.2. The van der Waals surface area contributed by atoms with Crippen molar-refractivity contribution < 1.29 is 42.1 Å². The van der Waals surface area contributed by atoms with Gasteiger partial charge < -0.3 is 25.4 Å². The van der Waals surface area contributed by atoms with Crippen molar-refractivity contribution in [2.24, 2.45) is 0 Å². The van der Waals surface area contributed by atoms with E-state index < -0.39 is 41.7 Å². The van der Waals surface area contributed by atoms with E-state index >= 15 is 0 Å². The van der Waals surface area contributed by atoms with Gasteiger partial charge in [-0.25, -0.2) is 0 Å². The minimum absolute atomic E-state index is 0.0998. The smallest absolute Gasteiger partial charge is 0.368 e. The molecule has 3 heterocycles. The first-order valence-corrected chi connectivity index (χ1v) is 14.0.